The summed E-state index contributed by atoms with van der Waals surface area (Å²) in [6, 6.07) is 16.4. The van der Waals surface area contributed by atoms with Crippen molar-refractivity contribution >= 4 is 44.2 Å². The fourth-order valence-corrected chi connectivity index (χ4v) is 3.43. The first kappa shape index (κ1) is 20.0. The van der Waals surface area contributed by atoms with Crippen LogP contribution in [0.25, 0.3) is 0 Å². The fraction of sp³-hybridized carbons (Fsp3) is 0.150. The number of rotatable bonds is 8. The summed E-state index contributed by atoms with van der Waals surface area (Å²) in [5.74, 6) is 0.363. The van der Waals surface area contributed by atoms with E-state index in [2.05, 4.69) is 31.5 Å². The maximum Gasteiger partial charge on any atom is 0.257 e. The second-order valence-electron chi connectivity index (χ2n) is 5.80. The van der Waals surface area contributed by atoms with Gasteiger partial charge in [0.2, 0.25) is 5.91 Å². The van der Waals surface area contributed by atoms with Crippen molar-refractivity contribution in [3.05, 3.63) is 75.7 Å². The van der Waals surface area contributed by atoms with Crippen LogP contribution in [0.2, 0.25) is 0 Å². The zero-order valence-corrected chi connectivity index (χ0v) is 17.3. The first-order valence-electron chi connectivity index (χ1n) is 8.56. The molecule has 0 aliphatic carbocycles. The van der Waals surface area contributed by atoms with Crippen LogP contribution in [0, 0.1) is 0 Å². The summed E-state index contributed by atoms with van der Waals surface area (Å²) in [5.41, 5.74) is 1.17. The molecule has 0 aliphatic heterocycles. The highest BCUT2D eigenvalue weighted by Crippen LogP contribution is 2.18. The highest BCUT2D eigenvalue weighted by molar-refractivity contribution is 9.10. The molecule has 0 bridgehead atoms. The molecule has 2 aromatic carbocycles. The minimum atomic E-state index is -0.226. The maximum atomic E-state index is 12.1. The number of benzene rings is 2. The molecular formula is C20H18BrN3O3S. The van der Waals surface area contributed by atoms with Crippen LogP contribution >= 0.6 is 27.3 Å². The molecule has 2 N–H and O–H groups in total. The zero-order chi connectivity index (χ0) is 19.8. The molecule has 0 aliphatic rings. The minimum absolute atomic E-state index is 0.147. The average molecular weight is 460 g/mol. The number of ether oxygens (including phenoxy) is 1. The number of hydrogen-bond donors (Lipinski definition) is 2. The molecule has 0 unspecified atom stereocenters. The van der Waals surface area contributed by atoms with Crippen molar-refractivity contribution in [1.82, 2.24) is 10.3 Å². The predicted molar refractivity (Wildman–Crippen MR) is 113 cm³/mol. The standard InChI is InChI=1S/C20H18BrN3O3S/c21-15-7-4-8-17(11-15)27-10-9-22-18(25)12-16-13-28-20(23-16)24-19(26)14-5-2-1-3-6-14/h1-8,11,13H,9-10,12H2,(H,22,25)(H,23,24,26). The van der Waals surface area contributed by atoms with Crippen LogP contribution in [0.3, 0.4) is 0 Å². The van der Waals surface area contributed by atoms with E-state index in [1.807, 2.05) is 30.3 Å². The van der Waals surface area contributed by atoms with Crippen molar-refractivity contribution < 1.29 is 14.3 Å². The molecule has 0 saturated carbocycles. The molecule has 2 amide bonds. The Bertz CT molecular complexity index is 947. The summed E-state index contributed by atoms with van der Waals surface area (Å²) in [4.78, 5) is 28.4. The lowest BCUT2D eigenvalue weighted by molar-refractivity contribution is -0.120. The largest absolute Gasteiger partial charge is 0.492 e. The van der Waals surface area contributed by atoms with Crippen LogP contribution in [0.4, 0.5) is 5.13 Å². The number of nitrogens with one attached hydrogen (secondary N) is 2. The zero-order valence-electron chi connectivity index (χ0n) is 14.9. The van der Waals surface area contributed by atoms with E-state index >= 15 is 0 Å². The number of carbonyl (C=O) groups is 2. The van der Waals surface area contributed by atoms with Crippen molar-refractivity contribution in [2.24, 2.45) is 0 Å². The number of thiazole rings is 1. The Balaban J connectivity index is 1.40. The molecule has 8 heteroatoms. The van der Waals surface area contributed by atoms with E-state index in [0.29, 0.717) is 29.5 Å². The molecule has 1 heterocycles. The van der Waals surface area contributed by atoms with Gasteiger partial charge < -0.3 is 10.1 Å². The minimum Gasteiger partial charge on any atom is -0.492 e. The topological polar surface area (TPSA) is 80.3 Å². The van der Waals surface area contributed by atoms with E-state index in [9.17, 15) is 9.59 Å². The van der Waals surface area contributed by atoms with Crippen molar-refractivity contribution in [1.29, 1.82) is 0 Å². The first-order valence-corrected chi connectivity index (χ1v) is 10.2. The van der Waals surface area contributed by atoms with Gasteiger partial charge in [-0.15, -0.1) is 11.3 Å². The Morgan fingerprint density at radius 1 is 1.11 bits per heavy atom. The molecule has 3 rings (SSSR count). The number of amides is 2. The van der Waals surface area contributed by atoms with Gasteiger partial charge in [-0.25, -0.2) is 4.98 Å². The van der Waals surface area contributed by atoms with Crippen molar-refractivity contribution in [3.8, 4) is 5.75 Å². The Labute approximate surface area is 175 Å². The van der Waals surface area contributed by atoms with Crippen LogP contribution < -0.4 is 15.4 Å². The first-order chi connectivity index (χ1) is 13.6. The summed E-state index contributed by atoms with van der Waals surface area (Å²) in [5, 5.41) is 7.76. The van der Waals surface area contributed by atoms with Gasteiger partial charge in [-0.1, -0.05) is 40.2 Å². The lowest BCUT2D eigenvalue weighted by atomic mass is 10.2. The van der Waals surface area contributed by atoms with E-state index in [4.69, 9.17) is 4.74 Å². The van der Waals surface area contributed by atoms with Crippen LogP contribution in [0.5, 0.6) is 5.75 Å². The third-order valence-corrected chi connectivity index (χ3v) is 4.94. The molecule has 1 aromatic heterocycles. The second-order valence-corrected chi connectivity index (χ2v) is 7.57. The molecule has 144 valence electrons. The van der Waals surface area contributed by atoms with E-state index in [-0.39, 0.29) is 18.2 Å². The number of nitrogens with zero attached hydrogens (tertiary/aromatic N) is 1. The molecule has 0 fully saturated rings. The van der Waals surface area contributed by atoms with E-state index in [1.165, 1.54) is 11.3 Å². The van der Waals surface area contributed by atoms with E-state index in [1.54, 1.807) is 29.6 Å². The van der Waals surface area contributed by atoms with Crippen LogP contribution in [-0.2, 0) is 11.2 Å². The Hall–Kier alpha value is -2.71. The van der Waals surface area contributed by atoms with E-state index < -0.39 is 0 Å². The fourth-order valence-electron chi connectivity index (χ4n) is 2.35. The summed E-state index contributed by atoms with van der Waals surface area (Å²) in [6.45, 7) is 0.769. The van der Waals surface area contributed by atoms with Gasteiger partial charge in [-0.2, -0.15) is 0 Å². The number of anilines is 1. The van der Waals surface area contributed by atoms with Gasteiger partial charge in [0, 0.05) is 15.4 Å². The van der Waals surface area contributed by atoms with Gasteiger partial charge in [0.05, 0.1) is 18.7 Å². The van der Waals surface area contributed by atoms with Gasteiger partial charge in [0.1, 0.15) is 12.4 Å². The van der Waals surface area contributed by atoms with Crippen molar-refractivity contribution in [2.45, 2.75) is 6.42 Å². The third-order valence-electron chi connectivity index (χ3n) is 3.64. The molecule has 28 heavy (non-hydrogen) atoms. The van der Waals surface area contributed by atoms with Crippen LogP contribution in [0.1, 0.15) is 16.1 Å². The molecule has 0 spiro atoms. The van der Waals surface area contributed by atoms with Crippen molar-refractivity contribution in [2.75, 3.05) is 18.5 Å². The molecule has 6 nitrogen and oxygen atoms in total. The van der Waals surface area contributed by atoms with Gasteiger partial charge in [-0.05, 0) is 30.3 Å². The summed E-state index contributed by atoms with van der Waals surface area (Å²) in [6.07, 6.45) is 0.147. The highest BCUT2D eigenvalue weighted by Gasteiger charge is 2.11. The number of aromatic nitrogens is 1. The van der Waals surface area contributed by atoms with Crippen LogP contribution in [0.15, 0.2) is 64.5 Å². The SMILES string of the molecule is O=C(Cc1csc(NC(=O)c2ccccc2)n1)NCCOc1cccc(Br)c1. The number of halogens is 1. The van der Waals surface area contributed by atoms with Crippen LogP contribution in [-0.4, -0.2) is 29.9 Å². The highest BCUT2D eigenvalue weighted by atomic mass is 79.9. The lowest BCUT2D eigenvalue weighted by Gasteiger charge is -2.07. The lowest BCUT2D eigenvalue weighted by Crippen LogP contribution is -2.29. The van der Waals surface area contributed by atoms with Gasteiger partial charge in [0.25, 0.3) is 5.91 Å². The quantitative estimate of drug-likeness (QED) is 0.500. The second kappa shape index (κ2) is 10.0. The maximum absolute atomic E-state index is 12.1. The predicted octanol–water partition coefficient (Wildman–Crippen LogP) is 3.90. The average Bonchev–Trinajstić information content (AvgIpc) is 3.12. The number of hydrogen-bond acceptors (Lipinski definition) is 5. The molecule has 0 atom stereocenters. The molecular weight excluding hydrogens is 442 g/mol. The Morgan fingerprint density at radius 2 is 1.93 bits per heavy atom. The Kier molecular flexibility index (Phi) is 7.16. The van der Waals surface area contributed by atoms with E-state index in [0.717, 1.165) is 10.2 Å². The molecule has 0 radical (unpaired) electrons. The Morgan fingerprint density at radius 3 is 2.71 bits per heavy atom. The summed E-state index contributed by atoms with van der Waals surface area (Å²) in [7, 11) is 0. The smallest absolute Gasteiger partial charge is 0.257 e. The van der Waals surface area contributed by atoms with Gasteiger partial charge in [-0.3, -0.25) is 14.9 Å². The van der Waals surface area contributed by atoms with Gasteiger partial charge in [0.15, 0.2) is 5.13 Å². The van der Waals surface area contributed by atoms with Crippen molar-refractivity contribution in [3.63, 3.8) is 0 Å². The molecule has 3 aromatic rings. The normalized spacial score (nSPS) is 10.3. The monoisotopic (exact) mass is 459 g/mol. The summed E-state index contributed by atoms with van der Waals surface area (Å²) < 4.78 is 6.51. The third kappa shape index (κ3) is 6.17. The summed E-state index contributed by atoms with van der Waals surface area (Å²) >= 11 is 4.67. The number of carbonyl (C=O) groups excluding carboxylic acids is 2. The molecule has 0 saturated heterocycles. The van der Waals surface area contributed by atoms with Gasteiger partial charge >= 0.3 is 0 Å².